The fraction of sp³-hybridized carbons (Fsp3) is 0.0625. The Hall–Kier alpha value is -1.64. The summed E-state index contributed by atoms with van der Waals surface area (Å²) in [7, 11) is 0. The zero-order valence-corrected chi connectivity index (χ0v) is 12.1. The summed E-state index contributed by atoms with van der Waals surface area (Å²) in [6, 6.07) is 12.4. The van der Waals surface area contributed by atoms with Crippen LogP contribution < -0.4 is 0 Å². The van der Waals surface area contributed by atoms with E-state index < -0.39 is 5.82 Å². The molecule has 0 spiro atoms. The second-order valence-corrected chi connectivity index (χ2v) is 5.30. The highest BCUT2D eigenvalue weighted by atomic mass is 35.5. The Bertz CT molecular complexity index is 801. The van der Waals surface area contributed by atoms with Crippen LogP contribution in [0.15, 0.2) is 42.5 Å². The molecular weight excluding hydrogens is 296 g/mol. The number of halogens is 3. The molecule has 100 valence electrons. The smallest absolute Gasteiger partial charge is 0.149 e. The molecule has 0 saturated carbocycles. The Kier molecular flexibility index (Phi) is 3.36. The number of pyridine rings is 1. The van der Waals surface area contributed by atoms with Gasteiger partial charge in [0.2, 0.25) is 0 Å². The average molecular weight is 306 g/mol. The van der Waals surface area contributed by atoms with E-state index in [9.17, 15) is 4.39 Å². The number of aromatic nitrogens is 1. The summed E-state index contributed by atoms with van der Waals surface area (Å²) in [4.78, 5) is 4.42. The van der Waals surface area contributed by atoms with Crippen LogP contribution in [0.3, 0.4) is 0 Å². The first kappa shape index (κ1) is 13.3. The maximum absolute atomic E-state index is 14.0. The van der Waals surface area contributed by atoms with E-state index in [0.717, 1.165) is 11.1 Å². The summed E-state index contributed by atoms with van der Waals surface area (Å²) in [6.07, 6.45) is 0. The molecule has 0 aliphatic heterocycles. The monoisotopic (exact) mass is 305 g/mol. The van der Waals surface area contributed by atoms with Crippen molar-refractivity contribution in [3.63, 3.8) is 0 Å². The molecule has 4 heteroatoms. The van der Waals surface area contributed by atoms with E-state index in [1.54, 1.807) is 0 Å². The van der Waals surface area contributed by atoms with Crippen LogP contribution in [0.5, 0.6) is 0 Å². The van der Waals surface area contributed by atoms with Gasteiger partial charge in [0, 0.05) is 10.9 Å². The van der Waals surface area contributed by atoms with Crippen molar-refractivity contribution in [2.24, 2.45) is 0 Å². The van der Waals surface area contributed by atoms with Crippen molar-refractivity contribution >= 4 is 34.1 Å². The van der Waals surface area contributed by atoms with Crippen molar-refractivity contribution < 1.29 is 4.39 Å². The number of rotatable bonds is 1. The summed E-state index contributed by atoms with van der Waals surface area (Å²) in [5.41, 5.74) is 2.56. The molecule has 1 heterocycles. The number of benzene rings is 2. The maximum Gasteiger partial charge on any atom is 0.149 e. The molecule has 2 aromatic carbocycles. The van der Waals surface area contributed by atoms with E-state index in [-0.39, 0.29) is 5.52 Å². The molecule has 0 bridgehead atoms. The van der Waals surface area contributed by atoms with E-state index >= 15 is 0 Å². The van der Waals surface area contributed by atoms with Crippen LogP contribution in [-0.2, 0) is 0 Å². The summed E-state index contributed by atoms with van der Waals surface area (Å²) in [5, 5.41) is 1.31. The Morgan fingerprint density at radius 2 is 1.70 bits per heavy atom. The summed E-state index contributed by atoms with van der Waals surface area (Å²) >= 11 is 12.5. The van der Waals surface area contributed by atoms with Crippen molar-refractivity contribution in [2.45, 2.75) is 6.92 Å². The molecule has 0 aliphatic rings. The normalized spacial score (nSPS) is 11.0. The zero-order chi connectivity index (χ0) is 14.3. The van der Waals surface area contributed by atoms with Gasteiger partial charge in [-0.25, -0.2) is 9.37 Å². The third kappa shape index (κ3) is 2.05. The predicted molar refractivity (Wildman–Crippen MR) is 81.9 cm³/mol. The van der Waals surface area contributed by atoms with E-state index in [4.69, 9.17) is 23.2 Å². The average Bonchev–Trinajstić information content (AvgIpc) is 2.47. The summed E-state index contributed by atoms with van der Waals surface area (Å²) in [6.45, 7) is 1.86. The molecule has 0 N–H and O–H groups in total. The predicted octanol–water partition coefficient (Wildman–Crippen LogP) is 5.66. The van der Waals surface area contributed by atoms with Crippen molar-refractivity contribution in [3.05, 3.63) is 63.9 Å². The van der Waals surface area contributed by atoms with Gasteiger partial charge in [-0.3, -0.25) is 0 Å². The van der Waals surface area contributed by atoms with Crippen molar-refractivity contribution in [2.75, 3.05) is 0 Å². The van der Waals surface area contributed by atoms with E-state index in [0.29, 0.717) is 21.1 Å². The third-order valence-corrected chi connectivity index (χ3v) is 4.04. The molecule has 0 saturated heterocycles. The lowest BCUT2D eigenvalue weighted by Crippen LogP contribution is -1.95. The van der Waals surface area contributed by atoms with Crippen LogP contribution in [0.4, 0.5) is 4.39 Å². The number of nitrogens with zero attached hydrogens (tertiary/aromatic N) is 1. The summed E-state index contributed by atoms with van der Waals surface area (Å²) in [5.74, 6) is -0.427. The van der Waals surface area contributed by atoms with E-state index in [1.807, 2.05) is 37.3 Å². The molecule has 0 fully saturated rings. The first-order valence-corrected chi connectivity index (χ1v) is 6.84. The molecule has 3 rings (SSSR count). The second-order valence-electron chi connectivity index (χ2n) is 4.52. The van der Waals surface area contributed by atoms with Crippen molar-refractivity contribution in [1.29, 1.82) is 0 Å². The van der Waals surface area contributed by atoms with Gasteiger partial charge in [0.25, 0.3) is 0 Å². The highest BCUT2D eigenvalue weighted by molar-refractivity contribution is 6.42. The molecular formula is C16H10Cl2FN. The van der Waals surface area contributed by atoms with Gasteiger partial charge in [0.1, 0.15) is 11.3 Å². The van der Waals surface area contributed by atoms with Gasteiger partial charge >= 0.3 is 0 Å². The van der Waals surface area contributed by atoms with Gasteiger partial charge in [-0.05, 0) is 24.6 Å². The zero-order valence-electron chi connectivity index (χ0n) is 10.6. The second kappa shape index (κ2) is 5.04. The number of hydrogen-bond acceptors (Lipinski definition) is 1. The summed E-state index contributed by atoms with van der Waals surface area (Å²) < 4.78 is 14.0. The molecule has 0 atom stereocenters. The minimum Gasteiger partial charge on any atom is -0.244 e. The Morgan fingerprint density at radius 3 is 2.40 bits per heavy atom. The van der Waals surface area contributed by atoms with Crippen LogP contribution in [-0.4, -0.2) is 4.98 Å². The molecule has 0 unspecified atom stereocenters. The maximum atomic E-state index is 14.0. The lowest BCUT2D eigenvalue weighted by atomic mass is 10.0. The van der Waals surface area contributed by atoms with Gasteiger partial charge in [-0.15, -0.1) is 0 Å². The highest BCUT2D eigenvalue weighted by Gasteiger charge is 2.16. The van der Waals surface area contributed by atoms with Crippen LogP contribution in [0, 0.1) is 12.7 Å². The molecule has 1 aromatic heterocycles. The van der Waals surface area contributed by atoms with Gasteiger partial charge in [0.05, 0.1) is 15.7 Å². The molecule has 0 aliphatic carbocycles. The molecule has 0 amide bonds. The lowest BCUT2D eigenvalue weighted by molar-refractivity contribution is 0.637. The van der Waals surface area contributed by atoms with Gasteiger partial charge < -0.3 is 0 Å². The highest BCUT2D eigenvalue weighted by Crippen LogP contribution is 2.37. The van der Waals surface area contributed by atoms with Crippen molar-refractivity contribution in [3.8, 4) is 11.3 Å². The topological polar surface area (TPSA) is 12.9 Å². The molecule has 3 aromatic rings. The minimum atomic E-state index is -0.427. The Labute approximate surface area is 126 Å². The van der Waals surface area contributed by atoms with Crippen LogP contribution >= 0.6 is 23.2 Å². The van der Waals surface area contributed by atoms with Crippen LogP contribution in [0.25, 0.3) is 22.2 Å². The van der Waals surface area contributed by atoms with Gasteiger partial charge in [-0.1, -0.05) is 53.5 Å². The fourth-order valence-electron chi connectivity index (χ4n) is 2.22. The van der Waals surface area contributed by atoms with Crippen molar-refractivity contribution in [1.82, 2.24) is 4.98 Å². The standard InChI is InChI=1S/C16H10Cl2FN/c1-9-14(18)13-11(17)7-8-12(19)16(13)20-15(9)10-5-3-2-4-6-10/h2-8H,1H3. The Morgan fingerprint density at radius 1 is 1.00 bits per heavy atom. The van der Waals surface area contributed by atoms with Gasteiger partial charge in [0.15, 0.2) is 0 Å². The van der Waals surface area contributed by atoms with E-state index in [2.05, 4.69) is 4.98 Å². The number of hydrogen-bond donors (Lipinski definition) is 0. The third-order valence-electron chi connectivity index (χ3n) is 3.25. The molecule has 20 heavy (non-hydrogen) atoms. The van der Waals surface area contributed by atoms with Crippen LogP contribution in [0.1, 0.15) is 5.56 Å². The fourth-order valence-corrected chi connectivity index (χ4v) is 2.80. The lowest BCUT2D eigenvalue weighted by Gasteiger charge is -2.12. The van der Waals surface area contributed by atoms with Crippen LogP contribution in [0.2, 0.25) is 10.0 Å². The van der Waals surface area contributed by atoms with E-state index in [1.165, 1.54) is 12.1 Å². The number of fused-ring (bicyclic) bond motifs is 1. The minimum absolute atomic E-state index is 0.201. The van der Waals surface area contributed by atoms with Gasteiger partial charge in [-0.2, -0.15) is 0 Å². The first-order chi connectivity index (χ1) is 9.59. The quantitative estimate of drug-likeness (QED) is 0.565. The largest absolute Gasteiger partial charge is 0.244 e. The first-order valence-electron chi connectivity index (χ1n) is 6.09. The SMILES string of the molecule is Cc1c(-c2ccccc2)nc2c(F)ccc(Cl)c2c1Cl. The molecule has 1 nitrogen and oxygen atoms in total. The Balaban J connectivity index is 2.42. The molecule has 0 radical (unpaired) electrons.